The van der Waals surface area contributed by atoms with Gasteiger partial charge in [-0.05, 0) is 53.9 Å². The number of benzene rings is 1. The summed E-state index contributed by atoms with van der Waals surface area (Å²) in [5, 5.41) is 19.9. The van der Waals surface area contributed by atoms with Crippen LogP contribution in [0.4, 0.5) is 19.0 Å². The summed E-state index contributed by atoms with van der Waals surface area (Å²) in [5.74, 6) is 0.590. The quantitative estimate of drug-likeness (QED) is 0.321. The predicted molar refractivity (Wildman–Crippen MR) is 139 cm³/mol. The molecule has 0 amide bonds. The molecular weight excluding hydrogens is 519 g/mol. The van der Waals surface area contributed by atoms with Crippen molar-refractivity contribution in [1.82, 2.24) is 25.2 Å². The van der Waals surface area contributed by atoms with Crippen LogP contribution in [0.15, 0.2) is 67.1 Å². The summed E-state index contributed by atoms with van der Waals surface area (Å²) < 4.78 is 35.6. The van der Waals surface area contributed by atoms with Crippen molar-refractivity contribution in [2.75, 3.05) is 19.5 Å². The largest absolute Gasteiger partial charge is 0.433 e. The van der Waals surface area contributed by atoms with E-state index in [0.29, 0.717) is 16.5 Å². The van der Waals surface area contributed by atoms with E-state index in [0.717, 1.165) is 33.9 Å². The van der Waals surface area contributed by atoms with Gasteiger partial charge in [0, 0.05) is 42.6 Å². The molecule has 0 aliphatic rings. The molecule has 1 N–H and O–H groups in total. The van der Waals surface area contributed by atoms with Gasteiger partial charge < -0.3 is 10.2 Å². The number of rotatable bonds is 4. The van der Waals surface area contributed by atoms with Gasteiger partial charge in [-0.15, -0.1) is 5.10 Å². The first-order chi connectivity index (χ1) is 18.1. The molecule has 0 aliphatic heterocycles. The zero-order chi connectivity index (χ0) is 28.3. The monoisotopic (exact) mass is 541 g/mol. The highest BCUT2D eigenvalue weighted by atomic mass is 35.5. The maximum Gasteiger partial charge on any atom is 0.433 e. The molecule has 196 valence electrons. The minimum Gasteiger partial charge on any atom is -0.307 e. The second-order valence-corrected chi connectivity index (χ2v) is 8.19. The summed E-state index contributed by atoms with van der Waals surface area (Å²) in [6, 6.07) is 15.5. The molecular formula is C26H23ClF3N7O. The molecule has 0 saturated heterocycles. The van der Waals surface area contributed by atoms with Gasteiger partial charge in [-0.25, -0.2) is 9.99 Å². The zero-order valence-corrected chi connectivity index (χ0v) is 21.4. The highest BCUT2D eigenvalue weighted by Gasteiger charge is 2.31. The second-order valence-electron chi connectivity index (χ2n) is 7.76. The summed E-state index contributed by atoms with van der Waals surface area (Å²) >= 11 is 6.00. The summed E-state index contributed by atoms with van der Waals surface area (Å²) in [4.78, 5) is 15.3. The van der Waals surface area contributed by atoms with Crippen LogP contribution in [0.25, 0.3) is 22.3 Å². The van der Waals surface area contributed by atoms with Crippen molar-refractivity contribution < 1.29 is 18.0 Å². The van der Waals surface area contributed by atoms with Gasteiger partial charge in [-0.3, -0.25) is 4.98 Å². The molecule has 0 radical (unpaired) electrons. The molecule has 0 aliphatic carbocycles. The highest BCUT2D eigenvalue weighted by Crippen LogP contribution is 2.36. The minimum atomic E-state index is -4.33. The number of alkyl halides is 3. The van der Waals surface area contributed by atoms with Crippen molar-refractivity contribution in [3.05, 3.63) is 89.1 Å². The lowest BCUT2D eigenvalue weighted by Crippen LogP contribution is -2.21. The van der Waals surface area contributed by atoms with Crippen LogP contribution in [0.3, 0.4) is 0 Å². The standard InChI is InChI=1S/C18H15ClN6.C7H6F3N.CH2O/c1-25(2)24-18-17(13-7-8-21-15(9-13)10-20)16(11-22-23-18)12-3-5-14(19)6-4-12;1-5-2-3-6(11-4-5)7(8,9)10;1-2/h3-9,11H,1-2H3,(H,23,24);2-4H,1H3;1H2. The smallest absolute Gasteiger partial charge is 0.307 e. The Morgan fingerprint density at radius 1 is 1.00 bits per heavy atom. The Bertz CT molecular complexity index is 1370. The lowest BCUT2D eigenvalue weighted by molar-refractivity contribution is -0.141. The third-order valence-corrected chi connectivity index (χ3v) is 4.95. The number of aryl methyl sites for hydroxylation is 1. The van der Waals surface area contributed by atoms with Crippen LogP contribution >= 0.6 is 11.6 Å². The van der Waals surface area contributed by atoms with E-state index in [9.17, 15) is 13.2 Å². The third-order valence-electron chi connectivity index (χ3n) is 4.70. The Morgan fingerprint density at radius 3 is 2.24 bits per heavy atom. The number of hydrazine groups is 1. The number of carbonyl (C=O) groups excluding carboxylic acids is 1. The molecule has 12 heteroatoms. The van der Waals surface area contributed by atoms with Crippen molar-refractivity contribution in [2.45, 2.75) is 13.1 Å². The van der Waals surface area contributed by atoms with Crippen molar-refractivity contribution in [1.29, 1.82) is 5.26 Å². The van der Waals surface area contributed by atoms with E-state index in [4.69, 9.17) is 21.7 Å². The Hall–Kier alpha value is -4.40. The van der Waals surface area contributed by atoms with Gasteiger partial charge in [-0.2, -0.15) is 23.5 Å². The van der Waals surface area contributed by atoms with Gasteiger partial charge in [0.2, 0.25) is 0 Å². The number of pyridine rings is 2. The first-order valence-corrected chi connectivity index (χ1v) is 11.2. The van der Waals surface area contributed by atoms with E-state index in [1.54, 1.807) is 30.4 Å². The minimum absolute atomic E-state index is 0.340. The number of halogens is 4. The molecule has 0 fully saturated rings. The first-order valence-electron chi connectivity index (χ1n) is 10.8. The predicted octanol–water partition coefficient (Wildman–Crippen LogP) is 5.84. The normalized spacial score (nSPS) is 10.4. The van der Waals surface area contributed by atoms with E-state index >= 15 is 0 Å². The van der Waals surface area contributed by atoms with E-state index < -0.39 is 11.9 Å². The van der Waals surface area contributed by atoms with Crippen LogP contribution in [0.1, 0.15) is 17.0 Å². The van der Waals surface area contributed by atoms with Crippen LogP contribution in [0.5, 0.6) is 0 Å². The van der Waals surface area contributed by atoms with Crippen LogP contribution in [-0.4, -0.2) is 46.1 Å². The van der Waals surface area contributed by atoms with Gasteiger partial charge in [0.25, 0.3) is 0 Å². The summed E-state index contributed by atoms with van der Waals surface area (Å²) in [6.45, 7) is 3.69. The van der Waals surface area contributed by atoms with E-state index in [-0.39, 0.29) is 0 Å². The fourth-order valence-electron chi connectivity index (χ4n) is 3.10. The molecule has 3 aromatic heterocycles. The van der Waals surface area contributed by atoms with Crippen LogP contribution in [0.2, 0.25) is 5.02 Å². The second kappa shape index (κ2) is 13.8. The maximum absolute atomic E-state index is 11.9. The average molecular weight is 542 g/mol. The average Bonchev–Trinajstić information content (AvgIpc) is 2.90. The SMILES string of the molecule is C=O.CN(C)Nc1nncc(-c2ccc(Cl)cc2)c1-c1ccnc(C#N)c1.Cc1ccc(C(F)(F)F)nc1. The van der Waals surface area contributed by atoms with E-state index in [1.165, 1.54) is 12.3 Å². The van der Waals surface area contributed by atoms with Gasteiger partial charge in [0.1, 0.15) is 24.2 Å². The van der Waals surface area contributed by atoms with Crippen LogP contribution in [0, 0.1) is 18.3 Å². The summed E-state index contributed by atoms with van der Waals surface area (Å²) in [5.41, 5.74) is 6.88. The fourth-order valence-corrected chi connectivity index (χ4v) is 3.23. The Morgan fingerprint density at radius 2 is 1.68 bits per heavy atom. The maximum atomic E-state index is 11.9. The number of hydrogen-bond donors (Lipinski definition) is 1. The number of nitriles is 1. The number of carbonyl (C=O) groups is 1. The molecule has 0 saturated carbocycles. The van der Waals surface area contributed by atoms with Crippen LogP contribution in [-0.2, 0) is 11.0 Å². The molecule has 8 nitrogen and oxygen atoms in total. The van der Waals surface area contributed by atoms with Gasteiger partial charge >= 0.3 is 6.18 Å². The van der Waals surface area contributed by atoms with Crippen molar-refractivity contribution >= 4 is 24.2 Å². The topological polar surface area (TPSA) is 108 Å². The van der Waals surface area contributed by atoms with Crippen molar-refractivity contribution in [3.8, 4) is 28.3 Å². The fraction of sp³-hybridized carbons (Fsp3) is 0.154. The lowest BCUT2D eigenvalue weighted by Gasteiger charge is -2.18. The molecule has 4 rings (SSSR count). The molecule has 0 spiro atoms. The lowest BCUT2D eigenvalue weighted by atomic mass is 9.97. The number of anilines is 1. The van der Waals surface area contributed by atoms with Gasteiger partial charge in [0.05, 0.1) is 6.20 Å². The van der Waals surface area contributed by atoms with Gasteiger partial charge in [0.15, 0.2) is 5.82 Å². The Kier molecular flexibility index (Phi) is 10.8. The molecule has 0 bridgehead atoms. The highest BCUT2D eigenvalue weighted by molar-refractivity contribution is 6.30. The molecule has 0 atom stereocenters. The molecule has 38 heavy (non-hydrogen) atoms. The number of nitrogens with one attached hydrogen (secondary N) is 1. The third kappa shape index (κ3) is 8.33. The number of hydrogen-bond acceptors (Lipinski definition) is 8. The molecule has 0 unspecified atom stereocenters. The molecule has 3 heterocycles. The number of nitrogens with zero attached hydrogens (tertiary/aromatic N) is 6. The Labute approximate surface area is 222 Å². The summed E-state index contributed by atoms with van der Waals surface area (Å²) in [6.07, 6.45) is 0.182. The van der Waals surface area contributed by atoms with Crippen molar-refractivity contribution in [2.24, 2.45) is 0 Å². The molecule has 4 aromatic rings. The molecule has 1 aromatic carbocycles. The van der Waals surface area contributed by atoms with E-state index in [1.807, 2.05) is 51.2 Å². The van der Waals surface area contributed by atoms with Crippen molar-refractivity contribution in [3.63, 3.8) is 0 Å². The zero-order valence-electron chi connectivity index (χ0n) is 20.7. The summed E-state index contributed by atoms with van der Waals surface area (Å²) in [7, 11) is 3.74. The Balaban J connectivity index is 0.000000327. The van der Waals surface area contributed by atoms with E-state index in [2.05, 4.69) is 31.7 Å². The first kappa shape index (κ1) is 29.8. The van der Waals surface area contributed by atoms with Crippen LogP contribution < -0.4 is 5.43 Å². The number of aromatic nitrogens is 4. The van der Waals surface area contributed by atoms with Gasteiger partial charge in [-0.1, -0.05) is 29.8 Å².